The molecule has 0 saturated carbocycles. The number of nitrogens with zero attached hydrogens (tertiary/aromatic N) is 3. The van der Waals surface area contributed by atoms with Gasteiger partial charge >= 0.3 is 0 Å². The van der Waals surface area contributed by atoms with Crippen molar-refractivity contribution in [1.29, 1.82) is 0 Å². The second-order valence-corrected chi connectivity index (χ2v) is 9.32. The van der Waals surface area contributed by atoms with Gasteiger partial charge in [0.2, 0.25) is 5.91 Å². The highest BCUT2D eigenvalue weighted by molar-refractivity contribution is 6.04. The molecule has 4 rings (SSSR count). The molecule has 1 N–H and O–H groups in total. The number of hydrogen-bond acceptors (Lipinski definition) is 4. The van der Waals surface area contributed by atoms with Crippen molar-refractivity contribution in [3.8, 4) is 0 Å². The number of likely N-dealkylation sites (tertiary alicyclic amines) is 1. The Bertz CT molecular complexity index is 987. The molecule has 2 amide bonds. The first-order chi connectivity index (χ1) is 14.8. The van der Waals surface area contributed by atoms with E-state index in [1.54, 1.807) is 6.20 Å². The van der Waals surface area contributed by atoms with Crippen molar-refractivity contribution in [3.05, 3.63) is 58.9 Å². The SMILES string of the molecule is CC(C)c1cncc(C(=O)Nc2ccc3c(c2)CN(C2CCN(C)C(=O)C2)C[C@@H]3C)c1. The van der Waals surface area contributed by atoms with Crippen LogP contribution in [0.2, 0.25) is 0 Å². The topological polar surface area (TPSA) is 65.5 Å². The number of aromatic nitrogens is 1. The molecule has 1 aromatic heterocycles. The van der Waals surface area contributed by atoms with Crippen molar-refractivity contribution in [3.63, 3.8) is 0 Å². The van der Waals surface area contributed by atoms with Crippen LogP contribution >= 0.6 is 0 Å². The summed E-state index contributed by atoms with van der Waals surface area (Å²) in [5.41, 5.74) is 4.99. The largest absolute Gasteiger partial charge is 0.346 e. The smallest absolute Gasteiger partial charge is 0.257 e. The molecular formula is C25H32N4O2. The fourth-order valence-corrected chi connectivity index (χ4v) is 4.65. The first-order valence-electron chi connectivity index (χ1n) is 11.2. The molecule has 1 saturated heterocycles. The molecule has 3 heterocycles. The van der Waals surface area contributed by atoms with E-state index in [-0.39, 0.29) is 11.8 Å². The average Bonchev–Trinajstić information content (AvgIpc) is 2.75. The highest BCUT2D eigenvalue weighted by Crippen LogP contribution is 2.33. The predicted octanol–water partition coefficient (Wildman–Crippen LogP) is 4.00. The third-order valence-corrected chi connectivity index (χ3v) is 6.65. The minimum atomic E-state index is -0.142. The van der Waals surface area contributed by atoms with Gasteiger partial charge in [-0.15, -0.1) is 0 Å². The second kappa shape index (κ2) is 8.79. The molecular weight excluding hydrogens is 388 g/mol. The van der Waals surface area contributed by atoms with E-state index in [0.29, 0.717) is 29.9 Å². The van der Waals surface area contributed by atoms with Crippen molar-refractivity contribution in [2.75, 3.05) is 25.5 Å². The number of carbonyl (C=O) groups is 2. The molecule has 0 bridgehead atoms. The van der Waals surface area contributed by atoms with Gasteiger partial charge in [-0.3, -0.25) is 19.5 Å². The Morgan fingerprint density at radius 3 is 2.77 bits per heavy atom. The Labute approximate surface area is 184 Å². The molecule has 6 nitrogen and oxygen atoms in total. The van der Waals surface area contributed by atoms with E-state index in [2.05, 4.69) is 48.1 Å². The van der Waals surface area contributed by atoms with Crippen molar-refractivity contribution < 1.29 is 9.59 Å². The zero-order valence-corrected chi connectivity index (χ0v) is 18.9. The predicted molar refractivity (Wildman–Crippen MR) is 122 cm³/mol. The summed E-state index contributed by atoms with van der Waals surface area (Å²) >= 11 is 0. The summed E-state index contributed by atoms with van der Waals surface area (Å²) in [4.78, 5) is 33.5. The van der Waals surface area contributed by atoms with E-state index in [9.17, 15) is 9.59 Å². The molecule has 0 aliphatic carbocycles. The lowest BCUT2D eigenvalue weighted by Gasteiger charge is -2.41. The van der Waals surface area contributed by atoms with Gasteiger partial charge in [-0.05, 0) is 53.1 Å². The maximum Gasteiger partial charge on any atom is 0.257 e. The molecule has 1 fully saturated rings. The summed E-state index contributed by atoms with van der Waals surface area (Å²) in [5, 5.41) is 3.04. The van der Waals surface area contributed by atoms with Crippen LogP contribution in [0.1, 0.15) is 72.5 Å². The summed E-state index contributed by atoms with van der Waals surface area (Å²) in [6, 6.07) is 8.41. The molecule has 0 spiro atoms. The lowest BCUT2D eigenvalue weighted by atomic mass is 9.88. The molecule has 2 aliphatic rings. The van der Waals surface area contributed by atoms with E-state index in [1.807, 2.05) is 30.3 Å². The van der Waals surface area contributed by atoms with Gasteiger partial charge in [-0.2, -0.15) is 0 Å². The molecule has 1 aromatic carbocycles. The molecule has 6 heteroatoms. The van der Waals surface area contributed by atoms with Crippen molar-refractivity contribution in [1.82, 2.24) is 14.8 Å². The number of rotatable bonds is 4. The van der Waals surface area contributed by atoms with E-state index in [0.717, 1.165) is 37.3 Å². The quantitative estimate of drug-likeness (QED) is 0.812. The van der Waals surface area contributed by atoms with Gasteiger partial charge in [0.05, 0.1) is 5.56 Å². The zero-order valence-electron chi connectivity index (χ0n) is 18.9. The highest BCUT2D eigenvalue weighted by Gasteiger charge is 2.32. The molecule has 2 aromatic rings. The molecule has 2 atom stereocenters. The van der Waals surface area contributed by atoms with E-state index in [4.69, 9.17) is 0 Å². The van der Waals surface area contributed by atoms with Gasteiger partial charge in [0.25, 0.3) is 5.91 Å². The monoisotopic (exact) mass is 420 g/mol. The van der Waals surface area contributed by atoms with Crippen LogP contribution in [-0.4, -0.2) is 52.8 Å². The fraction of sp³-hybridized carbons (Fsp3) is 0.480. The maximum absolute atomic E-state index is 12.8. The molecule has 2 aliphatic heterocycles. The van der Waals surface area contributed by atoms with Crippen LogP contribution in [0.25, 0.3) is 0 Å². The molecule has 0 radical (unpaired) electrons. The third-order valence-electron chi connectivity index (χ3n) is 6.65. The summed E-state index contributed by atoms with van der Waals surface area (Å²) < 4.78 is 0. The van der Waals surface area contributed by atoms with Gasteiger partial charge in [-0.25, -0.2) is 0 Å². The first kappa shape index (κ1) is 21.5. The Balaban J connectivity index is 1.50. The average molecular weight is 421 g/mol. The fourth-order valence-electron chi connectivity index (χ4n) is 4.65. The van der Waals surface area contributed by atoms with Crippen LogP contribution in [0.3, 0.4) is 0 Å². The highest BCUT2D eigenvalue weighted by atomic mass is 16.2. The number of amides is 2. The van der Waals surface area contributed by atoms with E-state index in [1.165, 1.54) is 11.1 Å². The normalized spacial score (nSPS) is 21.8. The van der Waals surface area contributed by atoms with Gasteiger partial charge in [0, 0.05) is 57.2 Å². The first-order valence-corrected chi connectivity index (χ1v) is 11.2. The minimum absolute atomic E-state index is 0.142. The number of carbonyl (C=O) groups excluding carboxylic acids is 2. The zero-order chi connectivity index (χ0) is 22.1. The number of pyridine rings is 1. The van der Waals surface area contributed by atoms with Gasteiger partial charge in [0.15, 0.2) is 0 Å². The van der Waals surface area contributed by atoms with Gasteiger partial charge < -0.3 is 10.2 Å². The minimum Gasteiger partial charge on any atom is -0.346 e. The third kappa shape index (κ3) is 4.64. The van der Waals surface area contributed by atoms with E-state index >= 15 is 0 Å². The van der Waals surface area contributed by atoms with Crippen LogP contribution in [0.15, 0.2) is 36.7 Å². The Hall–Kier alpha value is -2.73. The summed E-state index contributed by atoms with van der Waals surface area (Å²) in [7, 11) is 1.88. The molecule has 164 valence electrons. The Kier molecular flexibility index (Phi) is 6.10. The van der Waals surface area contributed by atoms with Crippen molar-refractivity contribution in [2.24, 2.45) is 0 Å². The van der Waals surface area contributed by atoms with Crippen LogP contribution in [-0.2, 0) is 11.3 Å². The van der Waals surface area contributed by atoms with Crippen LogP contribution in [0, 0.1) is 0 Å². The number of benzene rings is 1. The second-order valence-electron chi connectivity index (χ2n) is 9.32. The lowest BCUT2D eigenvalue weighted by molar-refractivity contribution is -0.134. The van der Waals surface area contributed by atoms with Crippen LogP contribution in [0.5, 0.6) is 0 Å². The van der Waals surface area contributed by atoms with Gasteiger partial charge in [0.1, 0.15) is 0 Å². The molecule has 1 unspecified atom stereocenters. The lowest BCUT2D eigenvalue weighted by Crippen LogP contribution is -2.48. The number of fused-ring (bicyclic) bond motifs is 1. The summed E-state index contributed by atoms with van der Waals surface area (Å²) in [6.45, 7) is 9.02. The maximum atomic E-state index is 12.8. The van der Waals surface area contributed by atoms with Crippen molar-refractivity contribution >= 4 is 17.5 Å². The number of piperidine rings is 1. The van der Waals surface area contributed by atoms with Crippen LogP contribution < -0.4 is 5.32 Å². The number of nitrogens with one attached hydrogen (secondary N) is 1. The number of hydrogen-bond donors (Lipinski definition) is 1. The summed E-state index contributed by atoms with van der Waals surface area (Å²) in [5.74, 6) is 0.808. The Morgan fingerprint density at radius 2 is 2.03 bits per heavy atom. The summed E-state index contributed by atoms with van der Waals surface area (Å²) in [6.07, 6.45) is 5.03. The number of anilines is 1. The van der Waals surface area contributed by atoms with Crippen LogP contribution in [0.4, 0.5) is 5.69 Å². The van der Waals surface area contributed by atoms with E-state index < -0.39 is 0 Å². The van der Waals surface area contributed by atoms with Gasteiger partial charge in [-0.1, -0.05) is 26.8 Å². The Morgan fingerprint density at radius 1 is 1.23 bits per heavy atom. The van der Waals surface area contributed by atoms with Crippen molar-refractivity contribution in [2.45, 2.75) is 58.0 Å². The standard InChI is InChI=1S/C25H32N4O2/c1-16(2)18-9-19(13-26-12-18)25(31)27-21-5-6-23-17(3)14-29(15-20(23)10-21)22-7-8-28(4)24(30)11-22/h5-6,9-10,12-13,16-17,22H,7-8,11,14-15H2,1-4H3,(H,27,31)/t17-,22?/m0/s1. The molecule has 31 heavy (non-hydrogen) atoms.